The molecule has 7 heteroatoms. The Morgan fingerprint density at radius 3 is 2.89 bits per heavy atom. The van der Waals surface area contributed by atoms with Crippen LogP contribution in [0.2, 0.25) is 0 Å². The fourth-order valence-corrected chi connectivity index (χ4v) is 1.96. The van der Waals surface area contributed by atoms with Crippen LogP contribution in [-0.4, -0.2) is 27.5 Å². The van der Waals surface area contributed by atoms with Gasteiger partial charge in [-0.3, -0.25) is 0 Å². The zero-order chi connectivity index (χ0) is 14.0. The van der Waals surface area contributed by atoms with Gasteiger partial charge >= 0.3 is 11.8 Å². The number of nitrogens with one attached hydrogen (secondary N) is 1. The van der Waals surface area contributed by atoms with Crippen LogP contribution in [0.3, 0.4) is 0 Å². The van der Waals surface area contributed by atoms with E-state index >= 15 is 0 Å². The minimum atomic E-state index is -1.20. The van der Waals surface area contributed by atoms with Gasteiger partial charge < -0.3 is 20.5 Å². The van der Waals surface area contributed by atoms with E-state index in [9.17, 15) is 14.9 Å². The zero-order valence-electron chi connectivity index (χ0n) is 10.5. The number of pyridine rings is 1. The largest absolute Gasteiger partial charge is 0.478 e. The van der Waals surface area contributed by atoms with E-state index in [2.05, 4.69) is 17.2 Å². The maximum atomic E-state index is 11.1. The molecule has 0 saturated heterocycles. The van der Waals surface area contributed by atoms with Crippen LogP contribution in [-0.2, 0) is 0 Å². The van der Waals surface area contributed by atoms with Gasteiger partial charge in [-0.1, -0.05) is 6.92 Å². The van der Waals surface area contributed by atoms with Crippen molar-refractivity contribution in [1.82, 2.24) is 4.98 Å². The summed E-state index contributed by atoms with van der Waals surface area (Å²) in [4.78, 5) is 24.6. The number of carbonyl (C=O) groups is 1. The van der Waals surface area contributed by atoms with Crippen molar-refractivity contribution in [2.24, 2.45) is 11.8 Å². The summed E-state index contributed by atoms with van der Waals surface area (Å²) in [6.07, 6.45) is 3.64. The highest BCUT2D eigenvalue weighted by atomic mass is 16.6. The lowest BCUT2D eigenvalue weighted by molar-refractivity contribution is -0.389. The highest BCUT2D eigenvalue weighted by Crippen LogP contribution is 2.36. The summed E-state index contributed by atoms with van der Waals surface area (Å²) in [5.74, 6) is -0.506. The van der Waals surface area contributed by atoms with Crippen LogP contribution in [0.15, 0.2) is 12.3 Å². The highest BCUT2D eigenvalue weighted by molar-refractivity contribution is 5.94. The molecule has 0 amide bonds. The van der Waals surface area contributed by atoms with Crippen LogP contribution >= 0.6 is 0 Å². The van der Waals surface area contributed by atoms with Gasteiger partial charge in [0.1, 0.15) is 0 Å². The summed E-state index contributed by atoms with van der Waals surface area (Å²) in [5, 5.41) is 22.7. The minimum absolute atomic E-state index is 0.121. The molecule has 102 valence electrons. The molecule has 1 heterocycles. The first-order chi connectivity index (χ1) is 8.99. The van der Waals surface area contributed by atoms with Crippen LogP contribution in [0.5, 0.6) is 0 Å². The Hall–Kier alpha value is -2.18. The van der Waals surface area contributed by atoms with Crippen LogP contribution in [0.25, 0.3) is 0 Å². The van der Waals surface area contributed by atoms with Crippen LogP contribution in [0.4, 0.5) is 11.5 Å². The van der Waals surface area contributed by atoms with Crippen molar-refractivity contribution in [2.75, 3.05) is 11.9 Å². The number of nitrogens with zero attached hydrogens (tertiary/aromatic N) is 2. The first-order valence-electron chi connectivity index (χ1n) is 6.10. The summed E-state index contributed by atoms with van der Waals surface area (Å²) >= 11 is 0. The number of nitro groups is 1. The van der Waals surface area contributed by atoms with E-state index < -0.39 is 16.7 Å². The molecule has 2 rings (SSSR count). The zero-order valence-corrected chi connectivity index (χ0v) is 10.5. The lowest BCUT2D eigenvalue weighted by Gasteiger charge is -2.12. The van der Waals surface area contributed by atoms with Crippen molar-refractivity contribution in [2.45, 2.75) is 19.8 Å². The molecule has 0 radical (unpaired) electrons. The molecule has 0 bridgehead atoms. The van der Waals surface area contributed by atoms with E-state index in [0.717, 1.165) is 6.07 Å². The first-order valence-corrected chi connectivity index (χ1v) is 6.10. The van der Waals surface area contributed by atoms with Gasteiger partial charge in [-0.25, -0.2) is 4.79 Å². The van der Waals surface area contributed by atoms with E-state index in [1.54, 1.807) is 0 Å². The molecule has 7 nitrogen and oxygen atoms in total. The molecule has 2 N–H and O–H groups in total. The molecule has 0 spiro atoms. The number of aromatic nitrogens is 1. The molecule has 1 saturated carbocycles. The Morgan fingerprint density at radius 1 is 1.68 bits per heavy atom. The monoisotopic (exact) mass is 265 g/mol. The van der Waals surface area contributed by atoms with Crippen LogP contribution < -0.4 is 5.32 Å². The molecular weight excluding hydrogens is 250 g/mol. The van der Waals surface area contributed by atoms with Crippen molar-refractivity contribution < 1.29 is 14.8 Å². The minimum Gasteiger partial charge on any atom is -0.478 e. The van der Waals surface area contributed by atoms with Crippen LogP contribution in [0.1, 0.15) is 30.1 Å². The number of carboxylic acid groups (broad SMARTS) is 1. The number of rotatable bonds is 6. The lowest BCUT2D eigenvalue weighted by Crippen LogP contribution is -2.15. The lowest BCUT2D eigenvalue weighted by atomic mass is 10.1. The Labute approximate surface area is 109 Å². The van der Waals surface area contributed by atoms with Gasteiger partial charge in [-0.2, -0.15) is 0 Å². The van der Waals surface area contributed by atoms with E-state index in [4.69, 9.17) is 5.11 Å². The normalized spacial score (nSPS) is 15.8. The van der Waals surface area contributed by atoms with E-state index in [-0.39, 0.29) is 5.56 Å². The average Bonchev–Trinajstić information content (AvgIpc) is 3.19. The number of carboxylic acids is 1. The molecule has 1 aromatic heterocycles. The van der Waals surface area contributed by atoms with E-state index in [1.165, 1.54) is 19.0 Å². The third kappa shape index (κ3) is 3.18. The van der Waals surface area contributed by atoms with Gasteiger partial charge in [0.25, 0.3) is 0 Å². The van der Waals surface area contributed by atoms with Gasteiger partial charge in [0.2, 0.25) is 0 Å². The number of hydrogen-bond acceptors (Lipinski definition) is 5. The molecule has 1 unspecified atom stereocenters. The molecule has 1 atom stereocenters. The first kappa shape index (κ1) is 13.3. The summed E-state index contributed by atoms with van der Waals surface area (Å²) < 4.78 is 0. The second kappa shape index (κ2) is 5.21. The van der Waals surface area contributed by atoms with Crippen LogP contribution in [0, 0.1) is 22.0 Å². The predicted molar refractivity (Wildman–Crippen MR) is 68.2 cm³/mol. The Bertz CT molecular complexity index is 514. The molecule has 1 aliphatic carbocycles. The predicted octanol–water partition coefficient (Wildman–Crippen LogP) is 2.15. The molecule has 1 aliphatic rings. The van der Waals surface area contributed by atoms with Crippen molar-refractivity contribution in [3.05, 3.63) is 27.9 Å². The van der Waals surface area contributed by atoms with Crippen molar-refractivity contribution in [3.63, 3.8) is 0 Å². The van der Waals surface area contributed by atoms with Gasteiger partial charge in [-0.15, -0.1) is 0 Å². The van der Waals surface area contributed by atoms with E-state index in [0.29, 0.717) is 24.1 Å². The fraction of sp³-hybridized carbons (Fsp3) is 0.500. The maximum absolute atomic E-state index is 11.1. The van der Waals surface area contributed by atoms with Crippen molar-refractivity contribution in [3.8, 4) is 0 Å². The quantitative estimate of drug-likeness (QED) is 0.603. The summed E-state index contributed by atoms with van der Waals surface area (Å²) in [6, 6.07) is 0.979. The van der Waals surface area contributed by atoms with Gasteiger partial charge in [0, 0.05) is 6.54 Å². The SMILES string of the molecule is CC(CNc1cnc([N+](=O)[O-])cc1C(=O)O)C1CC1. The maximum Gasteiger partial charge on any atom is 0.364 e. The summed E-state index contributed by atoms with van der Waals surface area (Å²) in [7, 11) is 0. The highest BCUT2D eigenvalue weighted by Gasteiger charge is 2.28. The Kier molecular flexibility index (Phi) is 3.64. The molecule has 0 aliphatic heterocycles. The van der Waals surface area contributed by atoms with E-state index in [1.807, 2.05) is 0 Å². The molecular formula is C12H15N3O4. The molecule has 1 aromatic rings. The van der Waals surface area contributed by atoms with Crippen molar-refractivity contribution >= 4 is 17.5 Å². The smallest absolute Gasteiger partial charge is 0.364 e. The Morgan fingerprint density at radius 2 is 2.37 bits per heavy atom. The summed E-state index contributed by atoms with van der Waals surface area (Å²) in [5.41, 5.74) is 0.204. The standard InChI is InChI=1S/C12H15N3O4/c1-7(8-2-3-8)5-13-10-6-14-11(15(18)19)4-9(10)12(16)17/h4,6-8,13H,2-3,5H2,1H3,(H,16,17). The molecule has 0 aromatic carbocycles. The summed E-state index contributed by atoms with van der Waals surface area (Å²) in [6.45, 7) is 2.74. The third-order valence-corrected chi connectivity index (χ3v) is 3.35. The second-order valence-corrected chi connectivity index (χ2v) is 4.85. The van der Waals surface area contributed by atoms with Crippen molar-refractivity contribution in [1.29, 1.82) is 0 Å². The molecule has 1 fully saturated rings. The van der Waals surface area contributed by atoms with Gasteiger partial charge in [-0.05, 0) is 34.6 Å². The van der Waals surface area contributed by atoms with Gasteiger partial charge in [0.05, 0.1) is 17.3 Å². The average molecular weight is 265 g/mol. The Balaban J connectivity index is 2.13. The number of aromatic carboxylic acids is 1. The topological polar surface area (TPSA) is 105 Å². The third-order valence-electron chi connectivity index (χ3n) is 3.35. The fourth-order valence-electron chi connectivity index (χ4n) is 1.96. The second-order valence-electron chi connectivity index (χ2n) is 4.85. The number of anilines is 1. The number of hydrogen-bond donors (Lipinski definition) is 2. The molecule has 19 heavy (non-hydrogen) atoms. The van der Waals surface area contributed by atoms with Gasteiger partial charge in [0.15, 0.2) is 6.20 Å².